The summed E-state index contributed by atoms with van der Waals surface area (Å²) in [5.74, 6) is 0.262. The van der Waals surface area contributed by atoms with Crippen LogP contribution in [0, 0.1) is 0 Å². The zero-order valence-corrected chi connectivity index (χ0v) is 10.4. The van der Waals surface area contributed by atoms with Gasteiger partial charge in [-0.15, -0.1) is 0 Å². The number of benzene rings is 2. The highest BCUT2D eigenvalue weighted by Crippen LogP contribution is 2.28. The fraction of sp³-hybridized carbons (Fsp3) is 0.188. The quantitative estimate of drug-likeness (QED) is 0.858. The van der Waals surface area contributed by atoms with Crippen LogP contribution >= 0.6 is 0 Å². The van der Waals surface area contributed by atoms with Gasteiger partial charge in [-0.05, 0) is 24.8 Å². The summed E-state index contributed by atoms with van der Waals surface area (Å²) in [7, 11) is 0. The normalized spacial score (nSPS) is 15.5. The van der Waals surface area contributed by atoms with Crippen LogP contribution in [0.4, 0.5) is 5.69 Å². The highest BCUT2D eigenvalue weighted by atomic mass is 16.1. The van der Waals surface area contributed by atoms with E-state index in [2.05, 4.69) is 29.6 Å². The lowest BCUT2D eigenvalue weighted by molar-refractivity contribution is -0.114. The summed E-state index contributed by atoms with van der Waals surface area (Å²) in [5.41, 5.74) is 3.02. The number of hydrogen-bond donors (Lipinski definition) is 1. The molecular weight excluding hydrogens is 222 g/mol. The Morgan fingerprint density at radius 3 is 2.56 bits per heavy atom. The molecule has 0 aromatic heterocycles. The Morgan fingerprint density at radius 1 is 1.00 bits per heavy atom. The van der Waals surface area contributed by atoms with Crippen LogP contribution in [0.5, 0.6) is 0 Å². The number of Topliss-reactive ketones (excluding diaryl/α,β-unsaturated/α-hetero) is 1. The van der Waals surface area contributed by atoms with E-state index in [1.165, 1.54) is 10.8 Å². The van der Waals surface area contributed by atoms with E-state index in [1.54, 1.807) is 0 Å². The first-order chi connectivity index (χ1) is 8.75. The van der Waals surface area contributed by atoms with Crippen molar-refractivity contribution in [1.29, 1.82) is 0 Å². The van der Waals surface area contributed by atoms with Crippen molar-refractivity contribution < 1.29 is 4.79 Å². The molecule has 0 fully saturated rings. The third-order valence-corrected chi connectivity index (χ3v) is 3.55. The zero-order valence-electron chi connectivity index (χ0n) is 10.4. The van der Waals surface area contributed by atoms with E-state index in [0.29, 0.717) is 6.42 Å². The van der Waals surface area contributed by atoms with Gasteiger partial charge in [0.15, 0.2) is 5.78 Å². The smallest absolute Gasteiger partial charge is 0.160 e. The lowest BCUT2D eigenvalue weighted by Gasteiger charge is -2.11. The molecule has 1 aliphatic rings. The number of carbonyl (C=O) groups is 1. The molecule has 0 bridgehead atoms. The van der Waals surface area contributed by atoms with E-state index in [9.17, 15) is 4.79 Å². The summed E-state index contributed by atoms with van der Waals surface area (Å²) in [6, 6.07) is 14.5. The Bertz CT molecular complexity index is 650. The molecule has 1 aliphatic carbocycles. The summed E-state index contributed by atoms with van der Waals surface area (Å²) >= 11 is 0. The number of nitrogens with one attached hydrogen (secondary N) is 1. The Kier molecular flexibility index (Phi) is 2.63. The van der Waals surface area contributed by atoms with Crippen molar-refractivity contribution in [2.75, 3.05) is 5.32 Å². The van der Waals surface area contributed by atoms with Gasteiger partial charge in [-0.3, -0.25) is 4.79 Å². The predicted molar refractivity (Wildman–Crippen MR) is 74.5 cm³/mol. The predicted octanol–water partition coefficient (Wildman–Crippen LogP) is 3.89. The minimum Gasteiger partial charge on any atom is -0.358 e. The molecule has 2 aromatic carbocycles. The van der Waals surface area contributed by atoms with E-state index in [4.69, 9.17) is 0 Å². The topological polar surface area (TPSA) is 29.1 Å². The van der Waals surface area contributed by atoms with E-state index in [-0.39, 0.29) is 5.78 Å². The summed E-state index contributed by atoms with van der Waals surface area (Å²) in [6.07, 6.45) is 1.47. The summed E-state index contributed by atoms with van der Waals surface area (Å²) in [5, 5.41) is 5.83. The minimum absolute atomic E-state index is 0.262. The molecule has 0 atom stereocenters. The van der Waals surface area contributed by atoms with Crippen LogP contribution in [0.15, 0.2) is 53.7 Å². The molecule has 0 radical (unpaired) electrons. The SMILES string of the molecule is CC1=C(Nc2cccc3ccccc23)CCC1=O. The van der Waals surface area contributed by atoms with Gasteiger partial charge in [0.05, 0.1) is 0 Å². The third-order valence-electron chi connectivity index (χ3n) is 3.55. The standard InChI is InChI=1S/C16H15NO/c1-11-14(9-10-16(11)18)17-15-8-4-6-12-5-2-3-7-13(12)15/h2-8,17H,9-10H2,1H3. The Hall–Kier alpha value is -2.09. The number of rotatable bonds is 2. The maximum absolute atomic E-state index is 11.5. The second-order valence-corrected chi connectivity index (χ2v) is 4.68. The van der Waals surface area contributed by atoms with Crippen LogP contribution in [0.2, 0.25) is 0 Å². The number of carbonyl (C=O) groups excluding carboxylic acids is 1. The van der Waals surface area contributed by atoms with Crippen molar-refractivity contribution in [2.45, 2.75) is 19.8 Å². The van der Waals surface area contributed by atoms with Crippen LogP contribution in [0.25, 0.3) is 10.8 Å². The number of anilines is 1. The molecule has 18 heavy (non-hydrogen) atoms. The molecule has 0 spiro atoms. The van der Waals surface area contributed by atoms with Gasteiger partial charge in [0, 0.05) is 28.8 Å². The van der Waals surface area contributed by atoms with Crippen molar-refractivity contribution in [2.24, 2.45) is 0 Å². The summed E-state index contributed by atoms with van der Waals surface area (Å²) < 4.78 is 0. The van der Waals surface area contributed by atoms with Gasteiger partial charge in [-0.2, -0.15) is 0 Å². The van der Waals surface area contributed by atoms with Gasteiger partial charge in [0.2, 0.25) is 0 Å². The van der Waals surface area contributed by atoms with Gasteiger partial charge in [0.25, 0.3) is 0 Å². The van der Waals surface area contributed by atoms with Crippen LogP contribution < -0.4 is 5.32 Å². The van der Waals surface area contributed by atoms with Crippen molar-refractivity contribution >= 4 is 22.2 Å². The highest BCUT2D eigenvalue weighted by molar-refractivity contribution is 6.00. The van der Waals surface area contributed by atoms with E-state index in [0.717, 1.165) is 23.4 Å². The Morgan fingerprint density at radius 2 is 1.78 bits per heavy atom. The molecule has 2 nitrogen and oxygen atoms in total. The molecule has 90 valence electrons. The first-order valence-corrected chi connectivity index (χ1v) is 6.23. The lowest BCUT2D eigenvalue weighted by Crippen LogP contribution is -2.00. The van der Waals surface area contributed by atoms with Gasteiger partial charge < -0.3 is 5.32 Å². The fourth-order valence-electron chi connectivity index (χ4n) is 2.44. The second-order valence-electron chi connectivity index (χ2n) is 4.68. The lowest BCUT2D eigenvalue weighted by atomic mass is 10.1. The maximum Gasteiger partial charge on any atom is 0.160 e. The summed E-state index contributed by atoms with van der Waals surface area (Å²) in [4.78, 5) is 11.5. The number of hydrogen-bond acceptors (Lipinski definition) is 2. The molecule has 3 rings (SSSR count). The average Bonchev–Trinajstić information content (AvgIpc) is 2.71. The molecular formula is C16H15NO. The third kappa shape index (κ3) is 1.80. The summed E-state index contributed by atoms with van der Waals surface area (Å²) in [6.45, 7) is 1.91. The van der Waals surface area contributed by atoms with Gasteiger partial charge in [0.1, 0.15) is 0 Å². The number of ketones is 1. The molecule has 0 aliphatic heterocycles. The Balaban J connectivity index is 2.03. The molecule has 0 saturated heterocycles. The van der Waals surface area contributed by atoms with Gasteiger partial charge >= 0.3 is 0 Å². The molecule has 0 heterocycles. The van der Waals surface area contributed by atoms with E-state index < -0.39 is 0 Å². The maximum atomic E-state index is 11.5. The first-order valence-electron chi connectivity index (χ1n) is 6.23. The van der Waals surface area contributed by atoms with Crippen molar-refractivity contribution in [1.82, 2.24) is 0 Å². The number of fused-ring (bicyclic) bond motifs is 1. The highest BCUT2D eigenvalue weighted by Gasteiger charge is 2.19. The van der Waals surface area contributed by atoms with Crippen LogP contribution in [-0.2, 0) is 4.79 Å². The van der Waals surface area contributed by atoms with Crippen molar-refractivity contribution in [3.63, 3.8) is 0 Å². The largest absolute Gasteiger partial charge is 0.358 e. The van der Waals surface area contributed by atoms with Crippen LogP contribution in [0.3, 0.4) is 0 Å². The molecule has 0 unspecified atom stereocenters. The molecule has 0 amide bonds. The Labute approximate surface area is 106 Å². The first kappa shape index (κ1) is 11.0. The zero-order chi connectivity index (χ0) is 12.5. The molecule has 2 heteroatoms. The molecule has 0 saturated carbocycles. The second kappa shape index (κ2) is 4.30. The minimum atomic E-state index is 0.262. The van der Waals surface area contributed by atoms with Crippen molar-refractivity contribution in [3.05, 3.63) is 53.7 Å². The monoisotopic (exact) mass is 237 g/mol. The van der Waals surface area contributed by atoms with Crippen molar-refractivity contribution in [3.8, 4) is 0 Å². The van der Waals surface area contributed by atoms with Crippen LogP contribution in [0.1, 0.15) is 19.8 Å². The van der Waals surface area contributed by atoms with Gasteiger partial charge in [-0.25, -0.2) is 0 Å². The van der Waals surface area contributed by atoms with Crippen LogP contribution in [-0.4, -0.2) is 5.78 Å². The number of allylic oxidation sites excluding steroid dienone is 2. The van der Waals surface area contributed by atoms with E-state index in [1.807, 2.05) is 25.1 Å². The molecule has 2 aromatic rings. The molecule has 1 N–H and O–H groups in total. The van der Waals surface area contributed by atoms with Gasteiger partial charge in [-0.1, -0.05) is 36.4 Å². The average molecular weight is 237 g/mol. The fourth-order valence-corrected chi connectivity index (χ4v) is 2.44. The van der Waals surface area contributed by atoms with E-state index >= 15 is 0 Å².